The van der Waals surface area contributed by atoms with E-state index in [0.29, 0.717) is 18.1 Å². The molecule has 0 saturated carbocycles. The third-order valence-electron chi connectivity index (χ3n) is 5.19. The van der Waals surface area contributed by atoms with Crippen molar-refractivity contribution in [2.24, 2.45) is 0 Å². The van der Waals surface area contributed by atoms with Gasteiger partial charge in [-0.05, 0) is 49.1 Å². The van der Waals surface area contributed by atoms with Crippen LogP contribution < -0.4 is 4.74 Å². The Bertz CT molecular complexity index is 983. The summed E-state index contributed by atoms with van der Waals surface area (Å²) in [4.78, 5) is 20.7. The molecule has 1 aromatic heterocycles. The van der Waals surface area contributed by atoms with Crippen LogP contribution in [0.5, 0.6) is 5.75 Å². The van der Waals surface area contributed by atoms with E-state index >= 15 is 0 Å². The first kappa shape index (κ1) is 22.5. The first-order valence-corrected chi connectivity index (χ1v) is 11.0. The zero-order valence-corrected chi connectivity index (χ0v) is 18.3. The first-order valence-electron chi connectivity index (χ1n) is 11.0. The van der Waals surface area contributed by atoms with Crippen LogP contribution in [-0.4, -0.2) is 27.7 Å². The largest absolute Gasteiger partial charge is 0.494 e. The van der Waals surface area contributed by atoms with Crippen LogP contribution in [0.1, 0.15) is 61.9 Å². The van der Waals surface area contributed by atoms with Crippen molar-refractivity contribution in [3.8, 4) is 28.4 Å². The molecule has 0 spiro atoms. The van der Waals surface area contributed by atoms with Crippen LogP contribution in [0.15, 0.2) is 54.7 Å². The van der Waals surface area contributed by atoms with Gasteiger partial charge in [-0.25, -0.2) is 14.8 Å². The summed E-state index contributed by atoms with van der Waals surface area (Å²) in [6.07, 6.45) is 8.08. The highest BCUT2D eigenvalue weighted by molar-refractivity contribution is 5.94. The van der Waals surface area contributed by atoms with Crippen LogP contribution in [0.3, 0.4) is 0 Å². The standard InChI is InChI=1S/C26H30N2O3/c1-3-5-7-8-19-9-11-20(12-10-19)24-23(26(29)30)18-27-25(28-24)21-13-15-22(16-14-21)31-17-6-4-2/h9-16,18H,3-8,17H2,1-2H3,(H,29,30). The summed E-state index contributed by atoms with van der Waals surface area (Å²) in [6.45, 7) is 5.01. The van der Waals surface area contributed by atoms with Gasteiger partial charge in [-0.2, -0.15) is 0 Å². The molecule has 1 N–H and O–H groups in total. The topological polar surface area (TPSA) is 72.3 Å². The van der Waals surface area contributed by atoms with Gasteiger partial charge in [0.15, 0.2) is 5.82 Å². The molecule has 1 heterocycles. The van der Waals surface area contributed by atoms with Crippen molar-refractivity contribution in [3.05, 3.63) is 65.9 Å². The van der Waals surface area contributed by atoms with Crippen molar-refractivity contribution in [1.82, 2.24) is 9.97 Å². The lowest BCUT2D eigenvalue weighted by Crippen LogP contribution is -2.05. The van der Waals surface area contributed by atoms with Gasteiger partial charge in [0.1, 0.15) is 11.3 Å². The quantitative estimate of drug-likeness (QED) is 0.364. The van der Waals surface area contributed by atoms with E-state index in [1.165, 1.54) is 24.6 Å². The number of ether oxygens (including phenoxy) is 1. The molecule has 0 unspecified atom stereocenters. The van der Waals surface area contributed by atoms with Crippen LogP contribution in [0.2, 0.25) is 0 Å². The van der Waals surface area contributed by atoms with E-state index in [1.807, 2.05) is 36.4 Å². The lowest BCUT2D eigenvalue weighted by atomic mass is 10.0. The molecule has 0 bridgehead atoms. The summed E-state index contributed by atoms with van der Waals surface area (Å²) in [5, 5.41) is 9.63. The summed E-state index contributed by atoms with van der Waals surface area (Å²) in [5.74, 6) is 0.263. The molecule has 0 aliphatic rings. The molecule has 0 atom stereocenters. The maximum absolute atomic E-state index is 11.8. The second kappa shape index (κ2) is 11.3. The molecule has 0 aliphatic heterocycles. The van der Waals surface area contributed by atoms with Crippen LogP contribution in [-0.2, 0) is 6.42 Å². The number of hydrogen-bond acceptors (Lipinski definition) is 4. The fraction of sp³-hybridized carbons (Fsp3) is 0.346. The highest BCUT2D eigenvalue weighted by atomic mass is 16.5. The molecule has 2 aromatic carbocycles. The zero-order valence-electron chi connectivity index (χ0n) is 18.3. The maximum atomic E-state index is 11.8. The van der Waals surface area contributed by atoms with Gasteiger partial charge in [0, 0.05) is 17.3 Å². The molecule has 3 rings (SSSR count). The number of hydrogen-bond donors (Lipinski definition) is 1. The van der Waals surface area contributed by atoms with Gasteiger partial charge < -0.3 is 9.84 Å². The highest BCUT2D eigenvalue weighted by Gasteiger charge is 2.16. The van der Waals surface area contributed by atoms with E-state index in [4.69, 9.17) is 4.74 Å². The van der Waals surface area contributed by atoms with E-state index in [9.17, 15) is 9.90 Å². The Labute approximate surface area is 184 Å². The molecule has 5 nitrogen and oxygen atoms in total. The summed E-state index contributed by atoms with van der Waals surface area (Å²) in [5.41, 5.74) is 3.38. The second-order valence-corrected chi connectivity index (χ2v) is 7.64. The third kappa shape index (κ3) is 6.14. The molecule has 0 aliphatic carbocycles. The normalized spacial score (nSPS) is 10.8. The zero-order chi connectivity index (χ0) is 22.1. The number of aromatic carboxylic acids is 1. The van der Waals surface area contributed by atoms with Crippen molar-refractivity contribution in [2.45, 2.75) is 52.4 Å². The average molecular weight is 419 g/mol. The summed E-state index contributed by atoms with van der Waals surface area (Å²) < 4.78 is 5.71. The number of aromatic nitrogens is 2. The number of nitrogens with zero attached hydrogens (tertiary/aromatic N) is 2. The van der Waals surface area contributed by atoms with E-state index in [1.54, 1.807) is 0 Å². The minimum absolute atomic E-state index is 0.0991. The molecular formula is C26H30N2O3. The lowest BCUT2D eigenvalue weighted by molar-refractivity contribution is 0.0697. The fourth-order valence-corrected chi connectivity index (χ4v) is 3.34. The number of benzene rings is 2. The Morgan fingerprint density at radius 3 is 2.23 bits per heavy atom. The van der Waals surface area contributed by atoms with E-state index in [-0.39, 0.29) is 5.56 Å². The van der Waals surface area contributed by atoms with Crippen molar-refractivity contribution in [3.63, 3.8) is 0 Å². The predicted molar refractivity (Wildman–Crippen MR) is 123 cm³/mol. The number of carboxylic acid groups (broad SMARTS) is 1. The van der Waals surface area contributed by atoms with Gasteiger partial charge in [-0.15, -0.1) is 0 Å². The van der Waals surface area contributed by atoms with Gasteiger partial charge in [0.2, 0.25) is 0 Å². The van der Waals surface area contributed by atoms with E-state index in [2.05, 4.69) is 35.9 Å². The summed E-state index contributed by atoms with van der Waals surface area (Å²) in [6, 6.07) is 15.6. The van der Waals surface area contributed by atoms with Crippen molar-refractivity contribution >= 4 is 5.97 Å². The Balaban J connectivity index is 1.85. The molecule has 3 aromatic rings. The Morgan fingerprint density at radius 2 is 1.58 bits per heavy atom. The van der Waals surface area contributed by atoms with Gasteiger partial charge in [0.25, 0.3) is 0 Å². The molecule has 0 radical (unpaired) electrons. The predicted octanol–water partition coefficient (Wildman–Crippen LogP) is 6.42. The molecule has 0 amide bonds. The van der Waals surface area contributed by atoms with Gasteiger partial charge >= 0.3 is 5.97 Å². The van der Waals surface area contributed by atoms with Crippen molar-refractivity contribution in [1.29, 1.82) is 0 Å². The SMILES string of the molecule is CCCCCc1ccc(-c2nc(-c3ccc(OCCCC)cc3)ncc2C(=O)O)cc1. The molecule has 0 fully saturated rings. The van der Waals surface area contributed by atoms with E-state index < -0.39 is 5.97 Å². The molecule has 5 heteroatoms. The maximum Gasteiger partial charge on any atom is 0.339 e. The Kier molecular flexibility index (Phi) is 8.16. The number of rotatable bonds is 11. The van der Waals surface area contributed by atoms with Crippen LogP contribution in [0.4, 0.5) is 0 Å². The van der Waals surface area contributed by atoms with Crippen LogP contribution in [0.25, 0.3) is 22.6 Å². The van der Waals surface area contributed by atoms with Crippen molar-refractivity contribution < 1.29 is 14.6 Å². The smallest absolute Gasteiger partial charge is 0.339 e. The fourth-order valence-electron chi connectivity index (χ4n) is 3.34. The minimum Gasteiger partial charge on any atom is -0.494 e. The van der Waals surface area contributed by atoms with Gasteiger partial charge in [-0.1, -0.05) is 57.4 Å². The van der Waals surface area contributed by atoms with Gasteiger partial charge in [0.05, 0.1) is 12.3 Å². The number of unbranched alkanes of at least 4 members (excludes halogenated alkanes) is 3. The van der Waals surface area contributed by atoms with E-state index in [0.717, 1.165) is 42.6 Å². The Morgan fingerprint density at radius 1 is 0.903 bits per heavy atom. The molecular weight excluding hydrogens is 388 g/mol. The minimum atomic E-state index is -1.03. The second-order valence-electron chi connectivity index (χ2n) is 7.64. The van der Waals surface area contributed by atoms with Crippen LogP contribution >= 0.6 is 0 Å². The summed E-state index contributed by atoms with van der Waals surface area (Å²) in [7, 11) is 0. The monoisotopic (exact) mass is 418 g/mol. The number of carbonyl (C=O) groups is 1. The van der Waals surface area contributed by atoms with Crippen molar-refractivity contribution in [2.75, 3.05) is 6.61 Å². The number of carboxylic acids is 1. The molecule has 31 heavy (non-hydrogen) atoms. The van der Waals surface area contributed by atoms with Crippen LogP contribution in [0, 0.1) is 0 Å². The molecule has 162 valence electrons. The number of aryl methyl sites for hydroxylation is 1. The molecule has 0 saturated heterocycles. The Hall–Kier alpha value is -3.21. The highest BCUT2D eigenvalue weighted by Crippen LogP contribution is 2.26. The summed E-state index contributed by atoms with van der Waals surface area (Å²) >= 11 is 0. The lowest BCUT2D eigenvalue weighted by Gasteiger charge is -2.10. The third-order valence-corrected chi connectivity index (χ3v) is 5.19. The van der Waals surface area contributed by atoms with Gasteiger partial charge in [-0.3, -0.25) is 0 Å². The average Bonchev–Trinajstić information content (AvgIpc) is 2.80. The first-order chi connectivity index (χ1) is 15.1.